The first-order valence-electron chi connectivity index (χ1n) is 8.06. The van der Waals surface area contributed by atoms with Gasteiger partial charge in [0.05, 0.1) is 12.6 Å². The van der Waals surface area contributed by atoms with Crippen molar-refractivity contribution in [1.82, 2.24) is 0 Å². The fourth-order valence-electron chi connectivity index (χ4n) is 2.01. The quantitative estimate of drug-likeness (QED) is 0.508. The predicted molar refractivity (Wildman–Crippen MR) is 97.1 cm³/mol. The number of rotatable bonds is 7. The third-order valence-corrected chi connectivity index (χ3v) is 4.73. The van der Waals surface area contributed by atoms with Gasteiger partial charge in [-0.05, 0) is 45.0 Å². The Morgan fingerprint density at radius 1 is 0.880 bits per heavy atom. The number of hydrogen-bond donors (Lipinski definition) is 0. The molecule has 6 heteroatoms. The molecule has 0 saturated carbocycles. The number of para-hydroxylation sites is 2. The monoisotopic (exact) mass is 362 g/mol. The van der Waals surface area contributed by atoms with E-state index in [2.05, 4.69) is 0 Å². The predicted octanol–water partition coefficient (Wildman–Crippen LogP) is 5.07. The highest BCUT2D eigenvalue weighted by atomic mass is 31.2. The standard InChI is InChI=1S/C19H23O5P/c1-19(2,3)22-18(20)14-15-25(21,23-16-10-6-4-7-11-16)24-17-12-8-5-9-13-17/h4-13H,14-15H2,1-3H3. The molecule has 0 atom stereocenters. The molecule has 0 spiro atoms. The molecule has 0 aromatic heterocycles. The Labute approximate surface area is 148 Å². The van der Waals surface area contributed by atoms with E-state index in [0.717, 1.165) is 0 Å². The zero-order valence-corrected chi connectivity index (χ0v) is 15.6. The smallest absolute Gasteiger partial charge is 0.431 e. The zero-order valence-electron chi connectivity index (χ0n) is 14.7. The van der Waals surface area contributed by atoms with Crippen molar-refractivity contribution in [3.8, 4) is 11.5 Å². The van der Waals surface area contributed by atoms with E-state index in [1.54, 1.807) is 69.3 Å². The van der Waals surface area contributed by atoms with Gasteiger partial charge in [0.25, 0.3) is 0 Å². The van der Waals surface area contributed by atoms with E-state index in [-0.39, 0.29) is 12.6 Å². The molecule has 0 bridgehead atoms. The van der Waals surface area contributed by atoms with E-state index < -0.39 is 19.2 Å². The highest BCUT2D eigenvalue weighted by Crippen LogP contribution is 2.49. The van der Waals surface area contributed by atoms with Crippen molar-refractivity contribution in [2.75, 3.05) is 6.16 Å². The van der Waals surface area contributed by atoms with Crippen molar-refractivity contribution in [1.29, 1.82) is 0 Å². The summed E-state index contributed by atoms with van der Waals surface area (Å²) in [5.74, 6) is 0.401. The van der Waals surface area contributed by atoms with E-state index >= 15 is 0 Å². The van der Waals surface area contributed by atoms with E-state index in [0.29, 0.717) is 11.5 Å². The van der Waals surface area contributed by atoms with Crippen molar-refractivity contribution < 1.29 is 23.1 Å². The first-order valence-corrected chi connectivity index (χ1v) is 9.79. The molecule has 0 aliphatic heterocycles. The highest BCUT2D eigenvalue weighted by molar-refractivity contribution is 7.54. The molecule has 0 aliphatic rings. The lowest BCUT2D eigenvalue weighted by Gasteiger charge is -2.22. The van der Waals surface area contributed by atoms with Gasteiger partial charge in [0, 0.05) is 0 Å². The van der Waals surface area contributed by atoms with Crippen LogP contribution in [0.25, 0.3) is 0 Å². The Bertz CT molecular complexity index is 677. The van der Waals surface area contributed by atoms with Crippen molar-refractivity contribution in [3.05, 3.63) is 60.7 Å². The number of carbonyl (C=O) groups is 1. The molecule has 2 aromatic rings. The van der Waals surface area contributed by atoms with Gasteiger partial charge in [-0.3, -0.25) is 4.79 Å². The second-order valence-electron chi connectivity index (χ2n) is 6.48. The molecule has 0 unspecified atom stereocenters. The average Bonchev–Trinajstić information content (AvgIpc) is 2.53. The van der Waals surface area contributed by atoms with Crippen LogP contribution in [0.4, 0.5) is 0 Å². The Morgan fingerprint density at radius 3 is 1.72 bits per heavy atom. The number of esters is 1. The summed E-state index contributed by atoms with van der Waals surface area (Å²) in [6, 6.07) is 17.5. The lowest BCUT2D eigenvalue weighted by Crippen LogP contribution is -2.24. The largest absolute Gasteiger partial charge is 0.460 e. The lowest BCUT2D eigenvalue weighted by atomic mass is 10.2. The van der Waals surface area contributed by atoms with Gasteiger partial charge in [-0.15, -0.1) is 0 Å². The van der Waals surface area contributed by atoms with Gasteiger partial charge < -0.3 is 13.8 Å². The minimum absolute atomic E-state index is 0.0613. The third-order valence-electron chi connectivity index (χ3n) is 2.99. The summed E-state index contributed by atoms with van der Waals surface area (Å²) in [5, 5.41) is 0. The minimum Gasteiger partial charge on any atom is -0.460 e. The summed E-state index contributed by atoms with van der Waals surface area (Å²) in [4.78, 5) is 12.0. The number of benzene rings is 2. The molecule has 134 valence electrons. The molecule has 0 saturated heterocycles. The summed E-state index contributed by atoms with van der Waals surface area (Å²) < 4.78 is 29.7. The van der Waals surface area contributed by atoms with Crippen LogP contribution >= 0.6 is 7.60 Å². The van der Waals surface area contributed by atoms with Crippen molar-refractivity contribution >= 4 is 13.6 Å². The SMILES string of the molecule is CC(C)(C)OC(=O)CCP(=O)(Oc1ccccc1)Oc1ccccc1. The van der Waals surface area contributed by atoms with Crippen LogP contribution in [-0.2, 0) is 14.1 Å². The summed E-state index contributed by atoms with van der Waals surface area (Å²) in [6.07, 6.45) is -0.139. The normalized spacial score (nSPS) is 11.6. The van der Waals surface area contributed by atoms with E-state index in [1.165, 1.54) is 0 Å². The Morgan fingerprint density at radius 2 is 1.32 bits per heavy atom. The molecule has 0 heterocycles. The first-order chi connectivity index (χ1) is 11.8. The van der Waals surface area contributed by atoms with Crippen molar-refractivity contribution in [2.45, 2.75) is 32.8 Å². The fourth-order valence-corrected chi connectivity index (χ4v) is 3.58. The third kappa shape index (κ3) is 7.02. The molecule has 2 rings (SSSR count). The Balaban J connectivity index is 2.11. The van der Waals surface area contributed by atoms with Crippen LogP contribution in [0.5, 0.6) is 11.5 Å². The maximum Gasteiger partial charge on any atom is 0.431 e. The number of ether oxygens (including phenoxy) is 1. The van der Waals surface area contributed by atoms with Gasteiger partial charge in [0.1, 0.15) is 17.1 Å². The van der Waals surface area contributed by atoms with Crippen LogP contribution < -0.4 is 9.05 Å². The van der Waals surface area contributed by atoms with Crippen LogP contribution in [0, 0.1) is 0 Å². The topological polar surface area (TPSA) is 61.8 Å². The van der Waals surface area contributed by atoms with Crippen molar-refractivity contribution in [3.63, 3.8) is 0 Å². The minimum atomic E-state index is -3.58. The molecule has 2 aromatic carbocycles. The molecule has 5 nitrogen and oxygen atoms in total. The molecular formula is C19H23O5P. The van der Waals surface area contributed by atoms with Gasteiger partial charge in [-0.1, -0.05) is 36.4 Å². The van der Waals surface area contributed by atoms with Gasteiger partial charge in [-0.25, -0.2) is 4.57 Å². The Hall–Kier alpha value is -2.26. The van der Waals surface area contributed by atoms with Gasteiger partial charge >= 0.3 is 13.6 Å². The summed E-state index contributed by atoms with van der Waals surface area (Å²) >= 11 is 0. The lowest BCUT2D eigenvalue weighted by molar-refractivity contribution is -0.154. The van der Waals surface area contributed by atoms with E-state index in [4.69, 9.17) is 13.8 Å². The van der Waals surface area contributed by atoms with Crippen LogP contribution in [0.2, 0.25) is 0 Å². The van der Waals surface area contributed by atoms with Gasteiger partial charge in [0.15, 0.2) is 0 Å². The average molecular weight is 362 g/mol. The molecule has 0 fully saturated rings. The zero-order chi connectivity index (χ0) is 18.3. The van der Waals surface area contributed by atoms with Gasteiger partial charge in [0.2, 0.25) is 0 Å². The molecule has 0 amide bonds. The highest BCUT2D eigenvalue weighted by Gasteiger charge is 2.30. The summed E-state index contributed by atoms with van der Waals surface area (Å²) in [7, 11) is -3.58. The van der Waals surface area contributed by atoms with E-state index in [9.17, 15) is 9.36 Å². The van der Waals surface area contributed by atoms with E-state index in [1.807, 2.05) is 12.1 Å². The van der Waals surface area contributed by atoms with Crippen LogP contribution in [-0.4, -0.2) is 17.7 Å². The Kier molecular flexibility index (Phi) is 6.27. The summed E-state index contributed by atoms with van der Waals surface area (Å²) in [5.41, 5.74) is -0.596. The maximum atomic E-state index is 13.2. The number of carbonyl (C=O) groups excluding carboxylic acids is 1. The molecular weight excluding hydrogens is 339 g/mol. The summed E-state index contributed by atoms with van der Waals surface area (Å²) in [6.45, 7) is 5.35. The van der Waals surface area contributed by atoms with Crippen LogP contribution in [0.1, 0.15) is 27.2 Å². The molecule has 0 aliphatic carbocycles. The van der Waals surface area contributed by atoms with Crippen molar-refractivity contribution in [2.24, 2.45) is 0 Å². The second-order valence-corrected chi connectivity index (χ2v) is 8.51. The molecule has 0 radical (unpaired) electrons. The van der Waals surface area contributed by atoms with Crippen LogP contribution in [0.15, 0.2) is 60.7 Å². The number of hydrogen-bond acceptors (Lipinski definition) is 5. The first kappa shape index (κ1) is 19.1. The molecule has 0 N–H and O–H groups in total. The van der Waals surface area contributed by atoms with Crippen LogP contribution in [0.3, 0.4) is 0 Å². The molecule has 25 heavy (non-hydrogen) atoms. The maximum absolute atomic E-state index is 13.2. The van der Waals surface area contributed by atoms with Gasteiger partial charge in [-0.2, -0.15) is 0 Å². The fraction of sp³-hybridized carbons (Fsp3) is 0.316. The second kappa shape index (κ2) is 8.21.